The molecule has 0 aliphatic carbocycles. The van der Waals surface area contributed by atoms with Crippen molar-refractivity contribution in [1.29, 1.82) is 0 Å². The SMILES string of the molecule is C=C/C(C)=C\C(C(=C)C)=C(/C)N=C. The summed E-state index contributed by atoms with van der Waals surface area (Å²) in [5.74, 6) is 0. The summed E-state index contributed by atoms with van der Waals surface area (Å²) in [7, 11) is 0. The zero-order valence-electron chi connectivity index (χ0n) is 8.72. The lowest BCUT2D eigenvalue weighted by molar-refractivity contribution is 1.24. The summed E-state index contributed by atoms with van der Waals surface area (Å²) >= 11 is 0. The fourth-order valence-electron chi connectivity index (χ4n) is 0.908. The highest BCUT2D eigenvalue weighted by atomic mass is 14.7. The van der Waals surface area contributed by atoms with E-state index in [1.165, 1.54) is 0 Å². The molecule has 13 heavy (non-hydrogen) atoms. The molecule has 0 aliphatic rings. The molecule has 0 radical (unpaired) electrons. The van der Waals surface area contributed by atoms with Gasteiger partial charge in [0.05, 0.1) is 0 Å². The molecule has 0 N–H and O–H groups in total. The van der Waals surface area contributed by atoms with Crippen molar-refractivity contribution in [2.45, 2.75) is 20.8 Å². The van der Waals surface area contributed by atoms with E-state index in [-0.39, 0.29) is 0 Å². The summed E-state index contributed by atoms with van der Waals surface area (Å²) in [5, 5.41) is 0. The Morgan fingerprint density at radius 2 is 1.77 bits per heavy atom. The lowest BCUT2D eigenvalue weighted by atomic mass is 10.0. The van der Waals surface area contributed by atoms with Gasteiger partial charge in [0.1, 0.15) is 0 Å². The molecule has 0 atom stereocenters. The second-order valence-electron chi connectivity index (χ2n) is 3.03. The Labute approximate surface area is 80.9 Å². The minimum Gasteiger partial charge on any atom is -0.269 e. The number of aliphatic imine (C=N–C) groups is 1. The van der Waals surface area contributed by atoms with Gasteiger partial charge in [-0.25, -0.2) is 0 Å². The first-order chi connectivity index (χ1) is 6.02. The molecule has 0 aromatic rings. The molecule has 70 valence electrons. The second-order valence-corrected chi connectivity index (χ2v) is 3.03. The number of hydrogen-bond acceptors (Lipinski definition) is 1. The smallest absolute Gasteiger partial charge is 0.0440 e. The molecule has 0 unspecified atom stereocenters. The van der Waals surface area contributed by atoms with Crippen molar-refractivity contribution in [2.24, 2.45) is 4.99 Å². The van der Waals surface area contributed by atoms with Crippen LogP contribution in [0.2, 0.25) is 0 Å². The van der Waals surface area contributed by atoms with E-state index < -0.39 is 0 Å². The molecule has 0 amide bonds. The molecule has 0 spiro atoms. The first-order valence-electron chi connectivity index (χ1n) is 4.17. The molecule has 1 nitrogen and oxygen atoms in total. The normalized spacial score (nSPS) is 13.3. The van der Waals surface area contributed by atoms with Gasteiger partial charge in [0.25, 0.3) is 0 Å². The number of rotatable bonds is 4. The van der Waals surface area contributed by atoms with Crippen LogP contribution in [0.4, 0.5) is 0 Å². The molecule has 0 aliphatic heterocycles. The maximum Gasteiger partial charge on any atom is 0.0440 e. The first kappa shape index (κ1) is 11.6. The average molecular weight is 175 g/mol. The summed E-state index contributed by atoms with van der Waals surface area (Å²) < 4.78 is 0. The van der Waals surface area contributed by atoms with Gasteiger partial charge < -0.3 is 0 Å². The van der Waals surface area contributed by atoms with Crippen molar-refractivity contribution in [1.82, 2.24) is 0 Å². The van der Waals surface area contributed by atoms with Crippen LogP contribution in [0.1, 0.15) is 20.8 Å². The van der Waals surface area contributed by atoms with Gasteiger partial charge in [-0.2, -0.15) is 0 Å². The molecule has 0 aromatic heterocycles. The van der Waals surface area contributed by atoms with Crippen molar-refractivity contribution < 1.29 is 0 Å². The van der Waals surface area contributed by atoms with Gasteiger partial charge in [-0.15, -0.1) is 0 Å². The molecular weight excluding hydrogens is 158 g/mol. The van der Waals surface area contributed by atoms with Crippen LogP contribution >= 0.6 is 0 Å². The molecule has 0 heterocycles. The van der Waals surface area contributed by atoms with Crippen LogP contribution in [0.5, 0.6) is 0 Å². The van der Waals surface area contributed by atoms with Crippen LogP contribution in [-0.4, -0.2) is 6.72 Å². The third-order valence-corrected chi connectivity index (χ3v) is 1.78. The lowest BCUT2D eigenvalue weighted by Crippen LogP contribution is -1.85. The van der Waals surface area contributed by atoms with Crippen LogP contribution in [0, 0.1) is 0 Å². The van der Waals surface area contributed by atoms with Crippen LogP contribution < -0.4 is 0 Å². The quantitative estimate of drug-likeness (QED) is 0.456. The Morgan fingerprint density at radius 3 is 2.08 bits per heavy atom. The maximum atomic E-state index is 3.89. The standard InChI is InChI=1S/C12H17N/c1-7-10(4)8-12(9(2)3)11(5)13-6/h7-8H,1-2,6H2,3-5H3/b10-8-,12-11-. The maximum absolute atomic E-state index is 3.89. The molecule has 0 fully saturated rings. The molecular formula is C12H17N. The first-order valence-corrected chi connectivity index (χ1v) is 4.17. The summed E-state index contributed by atoms with van der Waals surface area (Å²) in [4.78, 5) is 3.89. The largest absolute Gasteiger partial charge is 0.269 e. The molecule has 0 aromatic carbocycles. The van der Waals surface area contributed by atoms with E-state index >= 15 is 0 Å². The van der Waals surface area contributed by atoms with Crippen molar-refractivity contribution in [3.05, 3.63) is 47.7 Å². The topological polar surface area (TPSA) is 12.4 Å². The third-order valence-electron chi connectivity index (χ3n) is 1.78. The van der Waals surface area contributed by atoms with Gasteiger partial charge >= 0.3 is 0 Å². The van der Waals surface area contributed by atoms with Gasteiger partial charge in [0.2, 0.25) is 0 Å². The minimum absolute atomic E-state index is 0.897. The second kappa shape index (κ2) is 5.31. The van der Waals surface area contributed by atoms with Gasteiger partial charge in [-0.1, -0.05) is 30.9 Å². The fraction of sp³-hybridized carbons (Fsp3) is 0.250. The summed E-state index contributed by atoms with van der Waals surface area (Å²) in [6.45, 7) is 16.9. The van der Waals surface area contributed by atoms with Gasteiger partial charge in [-0.3, -0.25) is 4.99 Å². The average Bonchev–Trinajstić information content (AvgIpc) is 2.11. The molecule has 1 heteroatoms. The van der Waals surface area contributed by atoms with Crippen molar-refractivity contribution in [2.75, 3.05) is 0 Å². The van der Waals surface area contributed by atoms with Crippen LogP contribution in [0.15, 0.2) is 52.7 Å². The highest BCUT2D eigenvalue weighted by molar-refractivity contribution is 5.45. The Hall–Kier alpha value is -1.37. The fourth-order valence-corrected chi connectivity index (χ4v) is 0.908. The predicted octanol–water partition coefficient (Wildman–Crippen LogP) is 3.67. The molecule has 0 rings (SSSR count). The van der Waals surface area contributed by atoms with Crippen molar-refractivity contribution in [3.8, 4) is 0 Å². The van der Waals surface area contributed by atoms with Crippen molar-refractivity contribution in [3.63, 3.8) is 0 Å². The molecule has 0 saturated carbocycles. The zero-order valence-corrected chi connectivity index (χ0v) is 8.72. The Kier molecular flexibility index (Phi) is 4.75. The van der Waals surface area contributed by atoms with E-state index in [1.807, 2.05) is 26.8 Å². The molecule has 0 saturated heterocycles. The van der Waals surface area contributed by atoms with Crippen LogP contribution in [-0.2, 0) is 0 Å². The van der Waals surface area contributed by atoms with Crippen LogP contribution in [0.25, 0.3) is 0 Å². The minimum atomic E-state index is 0.897. The summed E-state index contributed by atoms with van der Waals surface area (Å²) in [6.07, 6.45) is 3.82. The predicted molar refractivity (Wildman–Crippen MR) is 61.0 cm³/mol. The zero-order chi connectivity index (χ0) is 10.4. The van der Waals surface area contributed by atoms with Gasteiger partial charge in [-0.05, 0) is 38.6 Å². The summed E-state index contributed by atoms with van der Waals surface area (Å²) in [5.41, 5.74) is 4.02. The van der Waals surface area contributed by atoms with E-state index in [4.69, 9.17) is 0 Å². The van der Waals surface area contributed by atoms with E-state index in [0.717, 1.165) is 22.4 Å². The summed E-state index contributed by atoms with van der Waals surface area (Å²) in [6, 6.07) is 0. The Morgan fingerprint density at radius 1 is 1.23 bits per heavy atom. The lowest BCUT2D eigenvalue weighted by Gasteiger charge is -2.04. The van der Waals surface area contributed by atoms with Crippen molar-refractivity contribution >= 4 is 6.72 Å². The van der Waals surface area contributed by atoms with Crippen LogP contribution in [0.3, 0.4) is 0 Å². The molecule has 0 bridgehead atoms. The third kappa shape index (κ3) is 3.70. The Bertz CT molecular complexity index is 290. The van der Waals surface area contributed by atoms with E-state index in [9.17, 15) is 0 Å². The van der Waals surface area contributed by atoms with E-state index in [0.29, 0.717) is 0 Å². The highest BCUT2D eigenvalue weighted by Crippen LogP contribution is 2.17. The van der Waals surface area contributed by atoms with E-state index in [1.54, 1.807) is 6.08 Å². The number of hydrogen-bond donors (Lipinski definition) is 0. The number of allylic oxidation sites excluding steroid dienone is 6. The number of nitrogens with zero attached hydrogens (tertiary/aromatic N) is 1. The monoisotopic (exact) mass is 175 g/mol. The Balaban J connectivity index is 5.18. The highest BCUT2D eigenvalue weighted by Gasteiger charge is 1.98. The van der Waals surface area contributed by atoms with Gasteiger partial charge in [0.15, 0.2) is 0 Å². The van der Waals surface area contributed by atoms with E-state index in [2.05, 4.69) is 24.9 Å². The van der Waals surface area contributed by atoms with Gasteiger partial charge in [0, 0.05) is 5.70 Å².